The Hall–Kier alpha value is -2.54. The van der Waals surface area contributed by atoms with Gasteiger partial charge in [0.05, 0.1) is 12.8 Å². The lowest BCUT2D eigenvalue weighted by Crippen LogP contribution is -2.31. The minimum absolute atomic E-state index is 0.185. The van der Waals surface area contributed by atoms with Crippen molar-refractivity contribution in [1.82, 2.24) is 4.90 Å². The highest BCUT2D eigenvalue weighted by molar-refractivity contribution is 9.10. The van der Waals surface area contributed by atoms with E-state index >= 15 is 0 Å². The number of carbonyl (C=O) groups excluding carboxylic acids is 2. The second-order valence-corrected chi connectivity index (χ2v) is 6.42. The number of halogens is 1. The summed E-state index contributed by atoms with van der Waals surface area (Å²) in [7, 11) is 3.23. The molecule has 0 saturated carbocycles. The molecule has 132 valence electrons. The molecule has 2 aromatic carbocycles. The predicted molar refractivity (Wildman–Crippen MR) is 102 cm³/mol. The Bertz CT molecular complexity index is 763. The number of methoxy groups -OCH3 is 1. The molecular formula is C18H20BrN3O3. The summed E-state index contributed by atoms with van der Waals surface area (Å²) in [5.74, 6) is 0.328. The van der Waals surface area contributed by atoms with Gasteiger partial charge in [0.25, 0.3) is 0 Å². The molecule has 0 radical (unpaired) electrons. The van der Waals surface area contributed by atoms with E-state index < -0.39 is 0 Å². The van der Waals surface area contributed by atoms with Gasteiger partial charge in [0, 0.05) is 30.7 Å². The highest BCUT2D eigenvalue weighted by atomic mass is 79.9. The molecule has 0 bridgehead atoms. The van der Waals surface area contributed by atoms with Crippen LogP contribution in [0.25, 0.3) is 0 Å². The predicted octanol–water partition coefficient (Wildman–Crippen LogP) is 4.08. The van der Waals surface area contributed by atoms with Gasteiger partial charge in [-0.15, -0.1) is 0 Å². The van der Waals surface area contributed by atoms with Crippen molar-refractivity contribution in [2.75, 3.05) is 24.8 Å². The smallest absolute Gasteiger partial charge is 0.321 e. The molecule has 0 aliphatic rings. The highest BCUT2D eigenvalue weighted by Crippen LogP contribution is 2.28. The molecule has 0 saturated heterocycles. The van der Waals surface area contributed by atoms with Gasteiger partial charge in [0.1, 0.15) is 5.75 Å². The van der Waals surface area contributed by atoms with Crippen molar-refractivity contribution in [2.45, 2.75) is 13.5 Å². The van der Waals surface area contributed by atoms with Gasteiger partial charge in [-0.3, -0.25) is 4.79 Å². The zero-order valence-electron chi connectivity index (χ0n) is 14.3. The average molecular weight is 406 g/mol. The Labute approximate surface area is 155 Å². The summed E-state index contributed by atoms with van der Waals surface area (Å²) in [5, 5.41) is 5.49. The SMILES string of the molecule is COc1ccc(NC(C)=O)cc1NC(=O)N(C)Cc1ccc(Br)cc1. The summed E-state index contributed by atoms with van der Waals surface area (Å²) in [5.41, 5.74) is 2.08. The number of benzene rings is 2. The average Bonchev–Trinajstić information content (AvgIpc) is 2.56. The van der Waals surface area contributed by atoms with E-state index in [9.17, 15) is 9.59 Å². The van der Waals surface area contributed by atoms with E-state index in [1.54, 1.807) is 30.1 Å². The van der Waals surface area contributed by atoms with Crippen LogP contribution in [-0.2, 0) is 11.3 Å². The number of urea groups is 1. The van der Waals surface area contributed by atoms with Gasteiger partial charge >= 0.3 is 6.03 Å². The van der Waals surface area contributed by atoms with Crippen molar-refractivity contribution in [1.29, 1.82) is 0 Å². The molecule has 2 aromatic rings. The summed E-state index contributed by atoms with van der Waals surface area (Å²) < 4.78 is 6.26. The lowest BCUT2D eigenvalue weighted by Gasteiger charge is -2.19. The maximum Gasteiger partial charge on any atom is 0.321 e. The first-order chi connectivity index (χ1) is 11.9. The number of rotatable bonds is 5. The number of anilines is 2. The van der Waals surface area contributed by atoms with Crippen LogP contribution in [0.4, 0.5) is 16.2 Å². The first-order valence-corrected chi connectivity index (χ1v) is 8.40. The minimum atomic E-state index is -0.277. The van der Waals surface area contributed by atoms with Gasteiger partial charge < -0.3 is 20.3 Å². The highest BCUT2D eigenvalue weighted by Gasteiger charge is 2.13. The van der Waals surface area contributed by atoms with Crippen LogP contribution >= 0.6 is 15.9 Å². The Morgan fingerprint density at radius 3 is 2.40 bits per heavy atom. The van der Waals surface area contributed by atoms with Crippen LogP contribution in [0.1, 0.15) is 12.5 Å². The number of amides is 3. The zero-order chi connectivity index (χ0) is 18.4. The van der Waals surface area contributed by atoms with Crippen LogP contribution < -0.4 is 15.4 Å². The number of nitrogens with zero attached hydrogens (tertiary/aromatic N) is 1. The lowest BCUT2D eigenvalue weighted by molar-refractivity contribution is -0.114. The molecule has 0 aliphatic heterocycles. The molecule has 2 N–H and O–H groups in total. The fourth-order valence-electron chi connectivity index (χ4n) is 2.23. The molecule has 0 aromatic heterocycles. The first kappa shape index (κ1) is 18.8. The molecule has 0 unspecified atom stereocenters. The minimum Gasteiger partial charge on any atom is -0.495 e. The second kappa shape index (κ2) is 8.53. The summed E-state index contributed by atoms with van der Waals surface area (Å²) in [6.07, 6.45) is 0. The van der Waals surface area contributed by atoms with E-state index in [1.165, 1.54) is 14.0 Å². The normalized spacial score (nSPS) is 10.1. The third-order valence-electron chi connectivity index (χ3n) is 3.44. The van der Waals surface area contributed by atoms with Crippen molar-refractivity contribution in [2.24, 2.45) is 0 Å². The number of carbonyl (C=O) groups is 2. The van der Waals surface area contributed by atoms with Crippen LogP contribution in [-0.4, -0.2) is 31.0 Å². The van der Waals surface area contributed by atoms with Gasteiger partial charge in [-0.2, -0.15) is 0 Å². The summed E-state index contributed by atoms with van der Waals surface area (Å²) in [6.45, 7) is 1.89. The molecule has 3 amide bonds. The topological polar surface area (TPSA) is 70.7 Å². The standard InChI is InChI=1S/C18H20BrN3O3/c1-12(23)20-15-8-9-17(25-3)16(10-15)21-18(24)22(2)11-13-4-6-14(19)7-5-13/h4-10H,11H2,1-3H3,(H,20,23)(H,21,24). The molecule has 7 heteroatoms. The van der Waals surface area contributed by atoms with Gasteiger partial charge in [-0.1, -0.05) is 28.1 Å². The zero-order valence-corrected chi connectivity index (χ0v) is 15.9. The lowest BCUT2D eigenvalue weighted by atomic mass is 10.2. The molecule has 6 nitrogen and oxygen atoms in total. The summed E-state index contributed by atoms with van der Waals surface area (Å²) >= 11 is 3.39. The number of hydrogen-bond acceptors (Lipinski definition) is 3. The van der Waals surface area contributed by atoms with Gasteiger partial charge in [-0.25, -0.2) is 4.79 Å². The van der Waals surface area contributed by atoms with E-state index in [0.717, 1.165) is 10.0 Å². The first-order valence-electron chi connectivity index (χ1n) is 7.61. The molecule has 0 atom stereocenters. The molecule has 25 heavy (non-hydrogen) atoms. The van der Waals surface area contributed by atoms with E-state index in [1.807, 2.05) is 24.3 Å². The van der Waals surface area contributed by atoms with Crippen LogP contribution in [0.2, 0.25) is 0 Å². The Morgan fingerprint density at radius 2 is 1.80 bits per heavy atom. The van der Waals surface area contributed by atoms with E-state index in [0.29, 0.717) is 23.7 Å². The van der Waals surface area contributed by atoms with E-state index in [-0.39, 0.29) is 11.9 Å². The van der Waals surface area contributed by atoms with Crippen LogP contribution in [0.5, 0.6) is 5.75 Å². The third-order valence-corrected chi connectivity index (χ3v) is 3.97. The summed E-state index contributed by atoms with van der Waals surface area (Å²) in [6, 6.07) is 12.5. The van der Waals surface area contributed by atoms with E-state index in [2.05, 4.69) is 26.6 Å². The Kier molecular flexibility index (Phi) is 6.41. The van der Waals surface area contributed by atoms with Crippen molar-refractivity contribution < 1.29 is 14.3 Å². The number of hydrogen-bond donors (Lipinski definition) is 2. The van der Waals surface area contributed by atoms with Crippen LogP contribution in [0, 0.1) is 0 Å². The van der Waals surface area contributed by atoms with Crippen molar-refractivity contribution in [3.05, 3.63) is 52.5 Å². The molecule has 0 fully saturated rings. The fraction of sp³-hybridized carbons (Fsp3) is 0.222. The molecular weight excluding hydrogens is 386 g/mol. The van der Waals surface area contributed by atoms with Crippen molar-refractivity contribution in [3.8, 4) is 5.75 Å². The molecule has 0 aliphatic carbocycles. The third kappa shape index (κ3) is 5.49. The Balaban J connectivity index is 2.09. The quantitative estimate of drug-likeness (QED) is 0.786. The van der Waals surface area contributed by atoms with Crippen molar-refractivity contribution in [3.63, 3.8) is 0 Å². The Morgan fingerprint density at radius 1 is 1.12 bits per heavy atom. The number of ether oxygens (including phenoxy) is 1. The largest absolute Gasteiger partial charge is 0.495 e. The van der Waals surface area contributed by atoms with Gasteiger partial charge in [0.2, 0.25) is 5.91 Å². The molecule has 0 spiro atoms. The molecule has 2 rings (SSSR count). The van der Waals surface area contributed by atoms with Crippen LogP contribution in [0.15, 0.2) is 46.9 Å². The summed E-state index contributed by atoms with van der Waals surface area (Å²) in [4.78, 5) is 25.2. The second-order valence-electron chi connectivity index (χ2n) is 5.51. The maximum atomic E-state index is 12.4. The maximum absolute atomic E-state index is 12.4. The fourth-order valence-corrected chi connectivity index (χ4v) is 2.50. The van der Waals surface area contributed by atoms with Gasteiger partial charge in [-0.05, 0) is 35.9 Å². The monoisotopic (exact) mass is 405 g/mol. The van der Waals surface area contributed by atoms with Gasteiger partial charge in [0.15, 0.2) is 0 Å². The number of nitrogens with one attached hydrogen (secondary N) is 2. The van der Waals surface area contributed by atoms with Crippen molar-refractivity contribution >= 4 is 39.2 Å². The van der Waals surface area contributed by atoms with E-state index in [4.69, 9.17) is 4.74 Å². The molecule has 0 heterocycles. The van der Waals surface area contributed by atoms with Crippen LogP contribution in [0.3, 0.4) is 0 Å².